The summed E-state index contributed by atoms with van der Waals surface area (Å²) in [6.45, 7) is 3.39. The molecular weight excluding hydrogens is 284 g/mol. The second-order valence-electron chi connectivity index (χ2n) is 7.94. The second kappa shape index (κ2) is 5.78. The van der Waals surface area contributed by atoms with E-state index in [1.54, 1.807) is 11.1 Å². The molecule has 2 aliphatic carbocycles. The van der Waals surface area contributed by atoms with Crippen LogP contribution in [0.25, 0.3) is 0 Å². The average molecular weight is 312 g/mol. The number of hydrogen-bond acceptors (Lipinski definition) is 3. The van der Waals surface area contributed by atoms with E-state index in [1.165, 1.54) is 63.7 Å². The van der Waals surface area contributed by atoms with Crippen LogP contribution in [0.5, 0.6) is 0 Å². The van der Waals surface area contributed by atoms with Crippen molar-refractivity contribution in [1.82, 2.24) is 5.32 Å². The number of piperidine rings is 1. The van der Waals surface area contributed by atoms with Gasteiger partial charge >= 0.3 is 0 Å². The molecule has 3 heteroatoms. The zero-order chi connectivity index (χ0) is 15.2. The number of fused-ring (bicyclic) bond motifs is 2. The highest BCUT2D eigenvalue weighted by Crippen LogP contribution is 2.39. The zero-order valence-electron chi connectivity index (χ0n) is 14.0. The van der Waals surface area contributed by atoms with Gasteiger partial charge in [-0.25, -0.2) is 0 Å². The highest BCUT2D eigenvalue weighted by molar-refractivity contribution is 5.52. The van der Waals surface area contributed by atoms with Crippen molar-refractivity contribution < 1.29 is 4.74 Å². The Balaban J connectivity index is 1.16. The van der Waals surface area contributed by atoms with Crippen molar-refractivity contribution in [1.29, 1.82) is 0 Å². The number of benzene rings is 1. The Morgan fingerprint density at radius 1 is 1.04 bits per heavy atom. The van der Waals surface area contributed by atoms with E-state index < -0.39 is 0 Å². The molecule has 3 atom stereocenters. The number of nitrogens with zero attached hydrogens (tertiary/aromatic N) is 1. The predicted molar refractivity (Wildman–Crippen MR) is 93.1 cm³/mol. The van der Waals surface area contributed by atoms with Gasteiger partial charge in [-0.1, -0.05) is 6.07 Å². The zero-order valence-corrected chi connectivity index (χ0v) is 14.0. The molecule has 1 aromatic rings. The molecule has 0 aromatic heterocycles. The van der Waals surface area contributed by atoms with Gasteiger partial charge in [0, 0.05) is 43.4 Å². The van der Waals surface area contributed by atoms with Crippen LogP contribution in [0.1, 0.15) is 43.2 Å². The standard InChI is InChI=1S/C20H28N2O/c1-2-14-4-5-17(12-15(14)3-1)22-9-6-16(7-10-22)21-19-13-20-18(19)8-11-23-20/h4-5,12,16,18-21H,1-3,6-11,13H2/t18-,19+,20+/m1/s1. The predicted octanol–water partition coefficient (Wildman–Crippen LogP) is 2.91. The van der Waals surface area contributed by atoms with Gasteiger partial charge in [0.1, 0.15) is 0 Å². The molecule has 23 heavy (non-hydrogen) atoms. The number of hydrogen-bond donors (Lipinski definition) is 1. The minimum absolute atomic E-state index is 0.582. The Bertz CT molecular complexity index is 579. The maximum absolute atomic E-state index is 5.73. The Kier molecular flexibility index (Phi) is 3.60. The normalized spacial score (nSPS) is 33.4. The van der Waals surface area contributed by atoms with Crippen molar-refractivity contribution in [2.24, 2.45) is 5.92 Å². The maximum atomic E-state index is 5.73. The number of aryl methyl sites for hydroxylation is 2. The van der Waals surface area contributed by atoms with Gasteiger partial charge in [0.15, 0.2) is 0 Å². The molecule has 0 amide bonds. The summed E-state index contributed by atoms with van der Waals surface area (Å²) in [7, 11) is 0. The first kappa shape index (κ1) is 14.3. The van der Waals surface area contributed by atoms with Crippen molar-refractivity contribution >= 4 is 5.69 Å². The van der Waals surface area contributed by atoms with E-state index in [0.717, 1.165) is 18.6 Å². The lowest BCUT2D eigenvalue weighted by Crippen LogP contribution is -2.56. The molecule has 1 saturated carbocycles. The summed E-state index contributed by atoms with van der Waals surface area (Å²) in [5.41, 5.74) is 4.64. The fourth-order valence-electron chi connectivity index (χ4n) is 5.15. The summed E-state index contributed by atoms with van der Waals surface area (Å²) in [6.07, 6.45) is 9.59. The lowest BCUT2D eigenvalue weighted by atomic mass is 9.75. The molecule has 0 unspecified atom stereocenters. The van der Waals surface area contributed by atoms with Gasteiger partial charge in [-0.2, -0.15) is 0 Å². The topological polar surface area (TPSA) is 24.5 Å². The molecule has 0 radical (unpaired) electrons. The molecular formula is C20H28N2O. The van der Waals surface area contributed by atoms with E-state index in [1.807, 2.05) is 0 Å². The lowest BCUT2D eigenvalue weighted by Gasteiger charge is -2.43. The van der Waals surface area contributed by atoms with Crippen molar-refractivity contribution in [2.45, 2.75) is 63.1 Å². The molecule has 0 spiro atoms. The summed E-state index contributed by atoms with van der Waals surface area (Å²) >= 11 is 0. The molecule has 3 fully saturated rings. The fourth-order valence-corrected chi connectivity index (χ4v) is 5.15. The SMILES string of the molecule is c1cc2c(cc1N1CCC(N[C@H]3C[C@@H]4OCC[C@H]34)CC1)CCC2. The van der Waals surface area contributed by atoms with Crippen LogP contribution in [0, 0.1) is 5.92 Å². The quantitative estimate of drug-likeness (QED) is 0.929. The third kappa shape index (κ3) is 2.58. The van der Waals surface area contributed by atoms with Crippen LogP contribution in [-0.4, -0.2) is 37.9 Å². The first-order valence-electron chi connectivity index (χ1n) is 9.61. The number of anilines is 1. The average Bonchev–Trinajstić information content (AvgIpc) is 3.18. The van der Waals surface area contributed by atoms with Crippen LogP contribution < -0.4 is 10.2 Å². The molecule has 3 nitrogen and oxygen atoms in total. The maximum Gasteiger partial charge on any atom is 0.0633 e. The third-order valence-electron chi connectivity index (χ3n) is 6.66. The number of nitrogens with one attached hydrogen (secondary N) is 1. The second-order valence-corrected chi connectivity index (χ2v) is 7.94. The monoisotopic (exact) mass is 312 g/mol. The number of ether oxygens (including phenoxy) is 1. The van der Waals surface area contributed by atoms with Crippen molar-refractivity contribution in [2.75, 3.05) is 24.6 Å². The molecule has 2 saturated heterocycles. The molecule has 1 aromatic carbocycles. The van der Waals surface area contributed by atoms with Crippen molar-refractivity contribution in [3.63, 3.8) is 0 Å². The lowest BCUT2D eigenvalue weighted by molar-refractivity contribution is 0.00282. The minimum atomic E-state index is 0.582. The molecule has 1 N–H and O–H groups in total. The van der Waals surface area contributed by atoms with Gasteiger partial charge in [0.2, 0.25) is 0 Å². The first-order chi connectivity index (χ1) is 11.4. The van der Waals surface area contributed by atoms with Gasteiger partial charge < -0.3 is 15.0 Å². The molecule has 2 aliphatic heterocycles. The highest BCUT2D eigenvalue weighted by Gasteiger charge is 2.45. The Labute approximate surface area is 139 Å². The number of rotatable bonds is 3. The van der Waals surface area contributed by atoms with Gasteiger partial charge in [-0.3, -0.25) is 0 Å². The van der Waals surface area contributed by atoms with Crippen LogP contribution in [0.3, 0.4) is 0 Å². The van der Waals surface area contributed by atoms with Gasteiger partial charge in [-0.05, 0) is 68.2 Å². The van der Waals surface area contributed by atoms with E-state index in [0.29, 0.717) is 12.1 Å². The summed E-state index contributed by atoms with van der Waals surface area (Å²) in [4.78, 5) is 2.60. The fraction of sp³-hybridized carbons (Fsp3) is 0.700. The minimum Gasteiger partial charge on any atom is -0.378 e. The van der Waals surface area contributed by atoms with Crippen LogP contribution in [0.15, 0.2) is 18.2 Å². The molecule has 5 rings (SSSR count). The molecule has 124 valence electrons. The summed E-state index contributed by atoms with van der Waals surface area (Å²) < 4.78 is 5.73. The van der Waals surface area contributed by atoms with Gasteiger partial charge in [0.05, 0.1) is 6.10 Å². The highest BCUT2D eigenvalue weighted by atomic mass is 16.5. The van der Waals surface area contributed by atoms with E-state index in [4.69, 9.17) is 4.74 Å². The molecule has 4 aliphatic rings. The van der Waals surface area contributed by atoms with Crippen LogP contribution in [-0.2, 0) is 17.6 Å². The first-order valence-corrected chi connectivity index (χ1v) is 9.61. The van der Waals surface area contributed by atoms with Gasteiger partial charge in [0.25, 0.3) is 0 Å². The van der Waals surface area contributed by atoms with E-state index >= 15 is 0 Å². The van der Waals surface area contributed by atoms with Crippen LogP contribution >= 0.6 is 0 Å². The summed E-state index contributed by atoms with van der Waals surface area (Å²) in [5.74, 6) is 0.810. The van der Waals surface area contributed by atoms with Crippen LogP contribution in [0.4, 0.5) is 5.69 Å². The summed E-state index contributed by atoms with van der Waals surface area (Å²) in [6, 6.07) is 8.63. The van der Waals surface area contributed by atoms with Crippen molar-refractivity contribution in [3.05, 3.63) is 29.3 Å². The Morgan fingerprint density at radius 3 is 2.78 bits per heavy atom. The van der Waals surface area contributed by atoms with E-state index in [2.05, 4.69) is 28.4 Å². The van der Waals surface area contributed by atoms with E-state index in [-0.39, 0.29) is 0 Å². The molecule has 0 bridgehead atoms. The summed E-state index contributed by atoms with van der Waals surface area (Å²) in [5, 5.41) is 3.93. The third-order valence-corrected chi connectivity index (χ3v) is 6.66. The van der Waals surface area contributed by atoms with Crippen molar-refractivity contribution in [3.8, 4) is 0 Å². The molecule has 2 heterocycles. The Hall–Kier alpha value is -1.06. The smallest absolute Gasteiger partial charge is 0.0633 e. The Morgan fingerprint density at radius 2 is 1.91 bits per heavy atom. The van der Waals surface area contributed by atoms with Crippen LogP contribution in [0.2, 0.25) is 0 Å². The largest absolute Gasteiger partial charge is 0.378 e. The van der Waals surface area contributed by atoms with Gasteiger partial charge in [-0.15, -0.1) is 0 Å². The van der Waals surface area contributed by atoms with E-state index in [9.17, 15) is 0 Å².